The van der Waals surface area contributed by atoms with Crippen LogP contribution in [-0.2, 0) is 16.6 Å². The van der Waals surface area contributed by atoms with Crippen LogP contribution in [0.15, 0.2) is 17.3 Å². The molecule has 0 aliphatic rings. The molecule has 21 heavy (non-hydrogen) atoms. The maximum Gasteiger partial charge on any atom is 0.243 e. The van der Waals surface area contributed by atoms with Crippen LogP contribution in [0.2, 0.25) is 0 Å². The number of aromatic nitrogens is 2. The van der Waals surface area contributed by atoms with Gasteiger partial charge in [0.05, 0.1) is 6.20 Å². The number of rotatable bonds is 10. The van der Waals surface area contributed by atoms with Gasteiger partial charge < -0.3 is 10.2 Å². The minimum Gasteiger partial charge on any atom is -0.320 e. The van der Waals surface area contributed by atoms with Crippen molar-refractivity contribution in [2.45, 2.75) is 37.8 Å². The monoisotopic (exact) mass is 317 g/mol. The largest absolute Gasteiger partial charge is 0.320 e. The highest BCUT2D eigenvalue weighted by Crippen LogP contribution is 2.07. The Bertz CT molecular complexity index is 512. The molecule has 7 nitrogen and oxygen atoms in total. The van der Waals surface area contributed by atoms with E-state index in [-0.39, 0.29) is 4.90 Å². The first-order valence-corrected chi connectivity index (χ1v) is 8.72. The van der Waals surface area contributed by atoms with E-state index in [0.29, 0.717) is 25.7 Å². The van der Waals surface area contributed by atoms with Crippen LogP contribution in [0.3, 0.4) is 0 Å². The van der Waals surface area contributed by atoms with Gasteiger partial charge in [0, 0.05) is 31.9 Å². The molecular formula is C13H27N5O2S. The third-order valence-electron chi connectivity index (χ3n) is 3.37. The average Bonchev–Trinajstić information content (AvgIpc) is 2.88. The van der Waals surface area contributed by atoms with Crippen LogP contribution in [0.25, 0.3) is 0 Å². The predicted molar refractivity (Wildman–Crippen MR) is 83.7 cm³/mol. The van der Waals surface area contributed by atoms with Crippen LogP contribution in [0.4, 0.5) is 0 Å². The van der Waals surface area contributed by atoms with Crippen LogP contribution in [0.5, 0.6) is 0 Å². The van der Waals surface area contributed by atoms with Gasteiger partial charge in [-0.15, -0.1) is 0 Å². The van der Waals surface area contributed by atoms with E-state index in [4.69, 9.17) is 0 Å². The van der Waals surface area contributed by atoms with Gasteiger partial charge in [-0.2, -0.15) is 5.10 Å². The molecule has 0 bridgehead atoms. The van der Waals surface area contributed by atoms with E-state index < -0.39 is 10.0 Å². The van der Waals surface area contributed by atoms with Gasteiger partial charge in [0.2, 0.25) is 10.0 Å². The lowest BCUT2D eigenvalue weighted by Crippen LogP contribution is -2.36. The summed E-state index contributed by atoms with van der Waals surface area (Å²) in [5.74, 6) is 0. The summed E-state index contributed by atoms with van der Waals surface area (Å²) in [6, 6.07) is 0.393. The smallest absolute Gasteiger partial charge is 0.243 e. The topological polar surface area (TPSA) is 79.3 Å². The second-order valence-electron chi connectivity index (χ2n) is 5.37. The van der Waals surface area contributed by atoms with Crippen LogP contribution in [-0.4, -0.2) is 62.9 Å². The number of nitrogens with one attached hydrogen (secondary N) is 2. The number of likely N-dealkylation sites (N-methyl/N-ethyl adjacent to an activating group) is 1. The number of hydrogen-bond acceptors (Lipinski definition) is 5. The van der Waals surface area contributed by atoms with Gasteiger partial charge in [0.25, 0.3) is 0 Å². The lowest BCUT2D eigenvalue weighted by molar-refractivity contribution is 0.278. The summed E-state index contributed by atoms with van der Waals surface area (Å²) < 4.78 is 28.5. The third-order valence-corrected chi connectivity index (χ3v) is 4.79. The Balaban J connectivity index is 2.50. The van der Waals surface area contributed by atoms with E-state index in [1.54, 1.807) is 10.9 Å². The van der Waals surface area contributed by atoms with Crippen LogP contribution in [0, 0.1) is 0 Å². The molecule has 0 radical (unpaired) electrons. The fraction of sp³-hybridized carbons (Fsp3) is 0.769. The van der Waals surface area contributed by atoms with E-state index in [9.17, 15) is 8.42 Å². The van der Waals surface area contributed by atoms with E-state index in [1.807, 2.05) is 14.1 Å². The second-order valence-corrected chi connectivity index (χ2v) is 7.14. The minimum absolute atomic E-state index is 0.221. The lowest BCUT2D eigenvalue weighted by Gasteiger charge is -2.20. The standard InChI is InChI=1S/C13H27N5O2S/c1-12(2)17(4)9-7-16-21(19,20)13-10-15-18(11-13)8-5-6-14-3/h10-12,14,16H,5-9H2,1-4H3. The Labute approximate surface area is 127 Å². The molecule has 8 heteroatoms. The Morgan fingerprint density at radius 2 is 2.10 bits per heavy atom. The van der Waals surface area contributed by atoms with Gasteiger partial charge in [-0.1, -0.05) is 0 Å². The van der Waals surface area contributed by atoms with Gasteiger partial charge in [0.1, 0.15) is 4.90 Å². The molecule has 0 aliphatic carbocycles. The Kier molecular flexibility index (Phi) is 7.30. The van der Waals surface area contributed by atoms with Crippen molar-refractivity contribution in [2.75, 3.05) is 33.7 Å². The Hall–Kier alpha value is -0.960. The van der Waals surface area contributed by atoms with Gasteiger partial charge >= 0.3 is 0 Å². The summed E-state index contributed by atoms with van der Waals surface area (Å²) in [6.07, 6.45) is 3.88. The molecule has 0 fully saturated rings. The molecule has 0 saturated heterocycles. The molecule has 1 aromatic rings. The fourth-order valence-electron chi connectivity index (χ4n) is 1.72. The SMILES string of the molecule is CNCCCn1cc(S(=O)(=O)NCCN(C)C(C)C)cn1. The number of aryl methyl sites for hydroxylation is 1. The second kappa shape index (κ2) is 8.47. The molecular weight excluding hydrogens is 290 g/mol. The quantitative estimate of drug-likeness (QED) is 0.599. The first-order valence-electron chi connectivity index (χ1n) is 7.24. The molecule has 0 unspecified atom stereocenters. The van der Waals surface area contributed by atoms with Gasteiger partial charge in [0.15, 0.2) is 0 Å². The van der Waals surface area contributed by atoms with Crippen molar-refractivity contribution in [2.24, 2.45) is 0 Å². The Morgan fingerprint density at radius 3 is 2.71 bits per heavy atom. The molecule has 1 heterocycles. The molecule has 0 spiro atoms. The summed E-state index contributed by atoms with van der Waals surface area (Å²) in [4.78, 5) is 2.31. The van der Waals surface area contributed by atoms with E-state index in [1.165, 1.54) is 6.20 Å². The van der Waals surface area contributed by atoms with Crippen molar-refractivity contribution < 1.29 is 8.42 Å². The molecule has 0 aliphatic heterocycles. The summed E-state index contributed by atoms with van der Waals surface area (Å²) in [6.45, 7) is 6.79. The van der Waals surface area contributed by atoms with E-state index in [0.717, 1.165) is 13.0 Å². The molecule has 0 amide bonds. The van der Waals surface area contributed by atoms with Gasteiger partial charge in [-0.05, 0) is 40.9 Å². The van der Waals surface area contributed by atoms with E-state index in [2.05, 4.69) is 33.9 Å². The maximum absolute atomic E-state index is 12.1. The maximum atomic E-state index is 12.1. The van der Waals surface area contributed by atoms with Crippen molar-refractivity contribution in [1.82, 2.24) is 24.7 Å². The molecule has 0 aromatic carbocycles. The van der Waals surface area contributed by atoms with Crippen molar-refractivity contribution in [1.29, 1.82) is 0 Å². The molecule has 0 saturated carbocycles. The summed E-state index contributed by atoms with van der Waals surface area (Å²) >= 11 is 0. The molecule has 0 atom stereocenters. The minimum atomic E-state index is -3.47. The van der Waals surface area contributed by atoms with Crippen molar-refractivity contribution in [3.8, 4) is 0 Å². The molecule has 1 aromatic heterocycles. The summed E-state index contributed by atoms with van der Waals surface area (Å²) in [5, 5.41) is 7.13. The van der Waals surface area contributed by atoms with Crippen molar-refractivity contribution >= 4 is 10.0 Å². The lowest BCUT2D eigenvalue weighted by atomic mass is 10.3. The summed E-state index contributed by atoms with van der Waals surface area (Å²) in [5.41, 5.74) is 0. The van der Waals surface area contributed by atoms with Gasteiger partial charge in [-0.25, -0.2) is 13.1 Å². The zero-order valence-electron chi connectivity index (χ0n) is 13.3. The van der Waals surface area contributed by atoms with Crippen LogP contribution >= 0.6 is 0 Å². The summed E-state index contributed by atoms with van der Waals surface area (Å²) in [7, 11) is 0.390. The number of nitrogens with zero attached hydrogens (tertiary/aromatic N) is 3. The number of sulfonamides is 1. The highest BCUT2D eigenvalue weighted by Gasteiger charge is 2.16. The first kappa shape index (κ1) is 18.1. The number of hydrogen-bond donors (Lipinski definition) is 2. The average molecular weight is 317 g/mol. The third kappa shape index (κ3) is 6.13. The highest BCUT2D eigenvalue weighted by molar-refractivity contribution is 7.89. The zero-order valence-corrected chi connectivity index (χ0v) is 14.2. The van der Waals surface area contributed by atoms with E-state index >= 15 is 0 Å². The van der Waals surface area contributed by atoms with Crippen LogP contribution in [0.1, 0.15) is 20.3 Å². The fourth-order valence-corrected chi connectivity index (χ4v) is 2.69. The first-order chi connectivity index (χ1) is 9.86. The van der Waals surface area contributed by atoms with Crippen molar-refractivity contribution in [3.63, 3.8) is 0 Å². The van der Waals surface area contributed by atoms with Gasteiger partial charge in [-0.3, -0.25) is 4.68 Å². The molecule has 2 N–H and O–H groups in total. The predicted octanol–water partition coefficient (Wildman–Crippen LogP) is 0.111. The molecule has 122 valence electrons. The normalized spacial score (nSPS) is 12.5. The van der Waals surface area contributed by atoms with Crippen molar-refractivity contribution in [3.05, 3.63) is 12.4 Å². The molecule has 1 rings (SSSR count). The Morgan fingerprint density at radius 1 is 1.38 bits per heavy atom. The zero-order chi connectivity index (χ0) is 15.9. The highest BCUT2D eigenvalue weighted by atomic mass is 32.2. The van der Waals surface area contributed by atoms with Crippen LogP contribution < -0.4 is 10.0 Å².